The van der Waals surface area contributed by atoms with Crippen molar-refractivity contribution >= 4 is 21.7 Å². The highest BCUT2D eigenvalue weighted by Crippen LogP contribution is 2.30. The van der Waals surface area contributed by atoms with Gasteiger partial charge in [0, 0.05) is 6.54 Å². The molecule has 1 aromatic rings. The summed E-state index contributed by atoms with van der Waals surface area (Å²) in [5.41, 5.74) is 0.276. The highest BCUT2D eigenvalue weighted by Gasteiger charge is 2.28. The first-order chi connectivity index (χ1) is 9.34. The number of benzene rings is 1. The molecule has 0 amide bonds. The molecule has 0 radical (unpaired) electrons. The van der Waals surface area contributed by atoms with E-state index in [4.69, 9.17) is 5.14 Å². The Morgan fingerprint density at radius 2 is 2.15 bits per heavy atom. The first-order valence-electron chi connectivity index (χ1n) is 6.12. The van der Waals surface area contributed by atoms with E-state index >= 15 is 0 Å². The number of anilines is 1. The molecular formula is C12H16N2O5S. The Bertz CT molecular complexity index is 629. The second-order valence-electron chi connectivity index (χ2n) is 4.70. The van der Waals surface area contributed by atoms with E-state index in [1.165, 1.54) is 12.1 Å². The molecule has 0 spiro atoms. The normalized spacial score (nSPS) is 19.3. The van der Waals surface area contributed by atoms with Gasteiger partial charge in [-0.05, 0) is 31.0 Å². The van der Waals surface area contributed by atoms with Crippen LogP contribution in [0.3, 0.4) is 0 Å². The Kier molecular flexibility index (Phi) is 3.98. The van der Waals surface area contributed by atoms with Crippen molar-refractivity contribution in [3.05, 3.63) is 23.8 Å². The lowest BCUT2D eigenvalue weighted by Crippen LogP contribution is -2.33. The molecule has 8 heteroatoms. The molecule has 1 saturated heterocycles. The zero-order chi connectivity index (χ0) is 14.9. The van der Waals surface area contributed by atoms with Crippen LogP contribution in [-0.4, -0.2) is 43.8 Å². The number of aliphatic hydroxyl groups excluding tert-OH is 1. The first-order valence-corrected chi connectivity index (χ1v) is 7.67. The molecule has 1 heterocycles. The standard InChI is InChI=1S/C12H16N2O5S/c13-20(18,19)9-3-4-11(10(6-9)12(16)17)14-5-1-2-8(14)7-15/h3-4,6,8,15H,1-2,5,7H2,(H,16,17)(H2,13,18,19). The van der Waals surface area contributed by atoms with Crippen LogP contribution in [0, 0.1) is 0 Å². The molecule has 7 nitrogen and oxygen atoms in total. The summed E-state index contributed by atoms with van der Waals surface area (Å²) in [7, 11) is -3.95. The predicted octanol–water partition coefficient (Wildman–Crippen LogP) is -0.00670. The fraction of sp³-hybridized carbons (Fsp3) is 0.417. The molecule has 2 rings (SSSR count). The minimum absolute atomic E-state index is 0.0734. The van der Waals surface area contributed by atoms with E-state index in [1.54, 1.807) is 4.90 Å². The Hall–Kier alpha value is -1.64. The number of nitrogens with two attached hydrogens (primary N) is 1. The third-order valence-electron chi connectivity index (χ3n) is 3.42. The summed E-state index contributed by atoms with van der Waals surface area (Å²) in [6.07, 6.45) is 1.62. The van der Waals surface area contributed by atoms with Gasteiger partial charge in [-0.2, -0.15) is 0 Å². The molecule has 1 aliphatic heterocycles. The van der Waals surface area contributed by atoms with E-state index < -0.39 is 16.0 Å². The quantitative estimate of drug-likeness (QED) is 0.719. The van der Waals surface area contributed by atoms with Crippen LogP contribution >= 0.6 is 0 Å². The molecule has 4 N–H and O–H groups in total. The van der Waals surface area contributed by atoms with Crippen LogP contribution in [0.4, 0.5) is 5.69 Å². The Balaban J connectivity index is 2.51. The maximum Gasteiger partial charge on any atom is 0.337 e. The summed E-state index contributed by atoms with van der Waals surface area (Å²) < 4.78 is 22.6. The van der Waals surface area contributed by atoms with Crippen LogP contribution in [0.25, 0.3) is 0 Å². The SMILES string of the molecule is NS(=O)(=O)c1ccc(N2CCCC2CO)c(C(=O)O)c1. The second-order valence-corrected chi connectivity index (χ2v) is 6.26. The molecule has 1 unspecified atom stereocenters. The number of hydrogen-bond donors (Lipinski definition) is 3. The fourth-order valence-corrected chi connectivity index (χ4v) is 3.00. The van der Waals surface area contributed by atoms with Gasteiger partial charge >= 0.3 is 5.97 Å². The molecule has 1 aliphatic rings. The van der Waals surface area contributed by atoms with Crippen molar-refractivity contribution in [3.8, 4) is 0 Å². The summed E-state index contributed by atoms with van der Waals surface area (Å²) in [4.78, 5) is 12.9. The number of aliphatic hydroxyl groups is 1. The topological polar surface area (TPSA) is 121 Å². The molecule has 0 saturated carbocycles. The number of aromatic carboxylic acids is 1. The third-order valence-corrected chi connectivity index (χ3v) is 4.34. The lowest BCUT2D eigenvalue weighted by atomic mass is 10.1. The smallest absolute Gasteiger partial charge is 0.337 e. The van der Waals surface area contributed by atoms with Crippen molar-refractivity contribution in [2.45, 2.75) is 23.8 Å². The lowest BCUT2D eigenvalue weighted by molar-refractivity contribution is 0.0697. The van der Waals surface area contributed by atoms with Gasteiger partial charge in [0.1, 0.15) is 0 Å². The molecule has 0 aromatic heterocycles. The van der Waals surface area contributed by atoms with E-state index in [9.17, 15) is 23.4 Å². The third kappa shape index (κ3) is 2.77. The van der Waals surface area contributed by atoms with Crippen molar-refractivity contribution < 1.29 is 23.4 Å². The second kappa shape index (κ2) is 5.39. The highest BCUT2D eigenvalue weighted by molar-refractivity contribution is 7.89. The van der Waals surface area contributed by atoms with Gasteiger partial charge in [-0.3, -0.25) is 0 Å². The largest absolute Gasteiger partial charge is 0.478 e. The number of carboxylic acids is 1. The Morgan fingerprint density at radius 3 is 2.70 bits per heavy atom. The van der Waals surface area contributed by atoms with Gasteiger partial charge in [0.25, 0.3) is 0 Å². The van der Waals surface area contributed by atoms with E-state index in [0.29, 0.717) is 12.2 Å². The summed E-state index contributed by atoms with van der Waals surface area (Å²) in [5.74, 6) is -1.23. The van der Waals surface area contributed by atoms with Crippen molar-refractivity contribution in [3.63, 3.8) is 0 Å². The summed E-state index contributed by atoms with van der Waals surface area (Å²) >= 11 is 0. The van der Waals surface area contributed by atoms with Gasteiger partial charge in [0.2, 0.25) is 10.0 Å². The molecule has 1 atom stereocenters. The summed E-state index contributed by atoms with van der Waals surface area (Å²) in [6.45, 7) is 0.552. The highest BCUT2D eigenvalue weighted by atomic mass is 32.2. The van der Waals surface area contributed by atoms with Crippen LogP contribution in [0.5, 0.6) is 0 Å². The maximum atomic E-state index is 11.3. The van der Waals surface area contributed by atoms with E-state index in [2.05, 4.69) is 0 Å². The maximum absolute atomic E-state index is 11.3. The summed E-state index contributed by atoms with van der Waals surface area (Å²) in [6, 6.07) is 3.62. The number of rotatable bonds is 4. The van der Waals surface area contributed by atoms with Crippen molar-refractivity contribution in [1.29, 1.82) is 0 Å². The van der Waals surface area contributed by atoms with Gasteiger partial charge in [-0.15, -0.1) is 0 Å². The molecule has 0 bridgehead atoms. The average Bonchev–Trinajstić information content (AvgIpc) is 2.84. The van der Waals surface area contributed by atoms with E-state index in [0.717, 1.165) is 18.9 Å². The molecule has 0 aliphatic carbocycles. The van der Waals surface area contributed by atoms with Crippen molar-refractivity contribution in [1.82, 2.24) is 0 Å². The zero-order valence-corrected chi connectivity index (χ0v) is 11.5. The van der Waals surface area contributed by atoms with E-state index in [1.807, 2.05) is 0 Å². The predicted molar refractivity (Wildman–Crippen MR) is 72.2 cm³/mol. The van der Waals surface area contributed by atoms with E-state index in [-0.39, 0.29) is 23.1 Å². The molecule has 1 aromatic carbocycles. The number of carbonyl (C=O) groups is 1. The van der Waals surface area contributed by atoms with Gasteiger partial charge in [0.15, 0.2) is 0 Å². The lowest BCUT2D eigenvalue weighted by Gasteiger charge is -2.26. The molecule has 1 fully saturated rings. The zero-order valence-electron chi connectivity index (χ0n) is 10.7. The number of primary sulfonamides is 1. The minimum atomic E-state index is -3.95. The number of carboxylic acid groups (broad SMARTS) is 1. The molecule has 20 heavy (non-hydrogen) atoms. The van der Waals surface area contributed by atoms with Crippen molar-refractivity contribution in [2.24, 2.45) is 5.14 Å². The van der Waals surface area contributed by atoms with Crippen LogP contribution in [0.15, 0.2) is 23.1 Å². The summed E-state index contributed by atoms with van der Waals surface area (Å²) in [5, 5.41) is 23.6. The van der Waals surface area contributed by atoms with Crippen molar-refractivity contribution in [2.75, 3.05) is 18.1 Å². The van der Waals surface area contributed by atoms with Crippen LogP contribution in [0.2, 0.25) is 0 Å². The fourth-order valence-electron chi connectivity index (χ4n) is 2.46. The minimum Gasteiger partial charge on any atom is -0.478 e. The Labute approximate surface area is 116 Å². The number of nitrogens with zero attached hydrogens (tertiary/aromatic N) is 1. The first kappa shape index (κ1) is 14.8. The van der Waals surface area contributed by atoms with Crippen LogP contribution in [0.1, 0.15) is 23.2 Å². The van der Waals surface area contributed by atoms with Crippen LogP contribution in [-0.2, 0) is 10.0 Å². The van der Waals surface area contributed by atoms with Gasteiger partial charge < -0.3 is 15.1 Å². The number of sulfonamides is 1. The monoisotopic (exact) mass is 300 g/mol. The Morgan fingerprint density at radius 1 is 1.45 bits per heavy atom. The molecular weight excluding hydrogens is 284 g/mol. The van der Waals surface area contributed by atoms with Crippen LogP contribution < -0.4 is 10.0 Å². The van der Waals surface area contributed by atoms with Gasteiger partial charge in [-0.25, -0.2) is 18.4 Å². The average molecular weight is 300 g/mol. The molecule has 110 valence electrons. The number of hydrogen-bond acceptors (Lipinski definition) is 5. The van der Waals surface area contributed by atoms with Gasteiger partial charge in [0.05, 0.1) is 28.8 Å². The van der Waals surface area contributed by atoms with Gasteiger partial charge in [-0.1, -0.05) is 0 Å².